The van der Waals surface area contributed by atoms with E-state index in [1.165, 1.54) is 12.1 Å². The van der Waals surface area contributed by atoms with Gasteiger partial charge in [-0.2, -0.15) is 0 Å². The quantitative estimate of drug-likeness (QED) is 0.811. The van der Waals surface area contributed by atoms with Gasteiger partial charge >= 0.3 is 0 Å². The third kappa shape index (κ3) is 4.28. The van der Waals surface area contributed by atoms with E-state index in [9.17, 15) is 13.2 Å². The molecule has 0 saturated carbocycles. The van der Waals surface area contributed by atoms with Crippen molar-refractivity contribution in [3.63, 3.8) is 0 Å². The Hall–Kier alpha value is -1.93. The minimum Gasteiger partial charge on any atom is -0.269 e. The molecular formula is C14H13ClN2O4S. The summed E-state index contributed by atoms with van der Waals surface area (Å²) in [6, 6.07) is 12.8. The standard InChI is InChI=1S/C14H13ClN2O4S/c15-13-7-6-11(22(16,19)20)8-12(13)14(18)17-21-9-10-4-2-1-3-5-10/h1-8H,9H2,(H,17,18)(H2,16,19,20). The normalized spacial score (nSPS) is 11.2. The molecule has 0 saturated heterocycles. The van der Waals surface area contributed by atoms with Gasteiger partial charge in [0.05, 0.1) is 22.1 Å². The number of carbonyl (C=O) groups is 1. The molecule has 3 N–H and O–H groups in total. The van der Waals surface area contributed by atoms with E-state index in [0.717, 1.165) is 11.6 Å². The van der Waals surface area contributed by atoms with Crippen LogP contribution in [0.3, 0.4) is 0 Å². The fourth-order valence-electron chi connectivity index (χ4n) is 1.67. The monoisotopic (exact) mass is 340 g/mol. The highest BCUT2D eigenvalue weighted by atomic mass is 35.5. The molecule has 0 spiro atoms. The van der Waals surface area contributed by atoms with E-state index in [2.05, 4.69) is 5.48 Å². The summed E-state index contributed by atoms with van der Waals surface area (Å²) < 4.78 is 22.6. The minimum absolute atomic E-state index is 0.0405. The van der Waals surface area contributed by atoms with Gasteiger partial charge < -0.3 is 0 Å². The number of benzene rings is 2. The van der Waals surface area contributed by atoms with Gasteiger partial charge in [0.2, 0.25) is 10.0 Å². The van der Waals surface area contributed by atoms with E-state index in [1.807, 2.05) is 30.3 Å². The fourth-order valence-corrected chi connectivity index (χ4v) is 2.41. The van der Waals surface area contributed by atoms with Crippen LogP contribution in [0.25, 0.3) is 0 Å². The Morgan fingerprint density at radius 1 is 1.18 bits per heavy atom. The van der Waals surface area contributed by atoms with Gasteiger partial charge in [0, 0.05) is 0 Å². The topological polar surface area (TPSA) is 98.5 Å². The third-order valence-electron chi connectivity index (χ3n) is 2.76. The van der Waals surface area contributed by atoms with Crippen LogP contribution in [0.4, 0.5) is 0 Å². The van der Waals surface area contributed by atoms with E-state index in [-0.39, 0.29) is 22.1 Å². The second-order valence-corrected chi connectivity index (χ2v) is 6.36. The molecule has 116 valence electrons. The van der Waals surface area contributed by atoms with Crippen molar-refractivity contribution in [1.82, 2.24) is 5.48 Å². The molecule has 0 heterocycles. The smallest absolute Gasteiger partial charge is 0.269 e. The molecule has 0 unspecified atom stereocenters. The molecule has 6 nitrogen and oxygen atoms in total. The molecule has 0 fully saturated rings. The number of hydrogen-bond donors (Lipinski definition) is 2. The number of nitrogens with one attached hydrogen (secondary N) is 1. The second-order valence-electron chi connectivity index (χ2n) is 4.39. The van der Waals surface area contributed by atoms with Crippen molar-refractivity contribution in [3.8, 4) is 0 Å². The van der Waals surface area contributed by atoms with Crippen LogP contribution in [-0.4, -0.2) is 14.3 Å². The first kappa shape index (κ1) is 16.4. The van der Waals surface area contributed by atoms with Crippen LogP contribution in [0.1, 0.15) is 15.9 Å². The molecule has 0 radical (unpaired) electrons. The number of amides is 1. The maximum Gasteiger partial charge on any atom is 0.276 e. The number of carbonyl (C=O) groups excluding carboxylic acids is 1. The van der Waals surface area contributed by atoms with Gasteiger partial charge in [-0.05, 0) is 23.8 Å². The Balaban J connectivity index is 2.06. The van der Waals surface area contributed by atoms with E-state index in [0.29, 0.717) is 0 Å². The van der Waals surface area contributed by atoms with E-state index in [1.54, 1.807) is 0 Å². The Morgan fingerprint density at radius 2 is 1.86 bits per heavy atom. The van der Waals surface area contributed by atoms with Crippen LogP contribution in [-0.2, 0) is 21.5 Å². The third-order valence-corrected chi connectivity index (χ3v) is 4.00. The lowest BCUT2D eigenvalue weighted by atomic mass is 10.2. The molecule has 2 aromatic carbocycles. The maximum atomic E-state index is 12.0. The first-order chi connectivity index (χ1) is 10.4. The summed E-state index contributed by atoms with van der Waals surface area (Å²) in [6.07, 6.45) is 0. The Kier molecular flexibility index (Phi) is 5.15. The van der Waals surface area contributed by atoms with Crippen LogP contribution in [0, 0.1) is 0 Å². The Labute approximate surface area is 132 Å². The van der Waals surface area contributed by atoms with Crippen molar-refractivity contribution >= 4 is 27.5 Å². The summed E-state index contributed by atoms with van der Waals surface area (Å²) in [5, 5.41) is 5.11. The molecule has 22 heavy (non-hydrogen) atoms. The number of rotatable bonds is 5. The predicted octanol–water partition coefficient (Wildman–Crippen LogP) is 1.85. The first-order valence-electron chi connectivity index (χ1n) is 6.16. The number of nitrogens with two attached hydrogens (primary N) is 1. The number of halogens is 1. The molecule has 0 atom stereocenters. The average molecular weight is 341 g/mol. The van der Waals surface area contributed by atoms with Crippen LogP contribution >= 0.6 is 11.6 Å². The van der Waals surface area contributed by atoms with Gasteiger partial charge in [0.15, 0.2) is 0 Å². The first-order valence-corrected chi connectivity index (χ1v) is 8.09. The fraction of sp³-hybridized carbons (Fsp3) is 0.0714. The van der Waals surface area contributed by atoms with E-state index < -0.39 is 15.9 Å². The van der Waals surface area contributed by atoms with Crippen molar-refractivity contribution < 1.29 is 18.0 Å². The largest absolute Gasteiger partial charge is 0.276 e. The average Bonchev–Trinajstić information content (AvgIpc) is 2.47. The molecular weight excluding hydrogens is 328 g/mol. The highest BCUT2D eigenvalue weighted by Crippen LogP contribution is 2.19. The van der Waals surface area contributed by atoms with E-state index in [4.69, 9.17) is 21.6 Å². The number of hydroxylamine groups is 1. The summed E-state index contributed by atoms with van der Waals surface area (Å²) in [7, 11) is -3.92. The lowest BCUT2D eigenvalue weighted by molar-refractivity contribution is 0.0233. The number of sulfonamides is 1. The van der Waals surface area contributed by atoms with Gasteiger partial charge in [-0.15, -0.1) is 0 Å². The highest BCUT2D eigenvalue weighted by Gasteiger charge is 2.15. The second kappa shape index (κ2) is 6.89. The zero-order chi connectivity index (χ0) is 16.2. The van der Waals surface area contributed by atoms with Gasteiger partial charge in [0.25, 0.3) is 5.91 Å². The summed E-state index contributed by atoms with van der Waals surface area (Å²) >= 11 is 5.89. The van der Waals surface area contributed by atoms with Crippen molar-refractivity contribution in [2.24, 2.45) is 5.14 Å². The number of primary sulfonamides is 1. The molecule has 0 aliphatic heterocycles. The molecule has 2 rings (SSSR count). The number of hydrogen-bond acceptors (Lipinski definition) is 4. The van der Waals surface area contributed by atoms with E-state index >= 15 is 0 Å². The summed E-state index contributed by atoms with van der Waals surface area (Å²) in [5.41, 5.74) is 3.04. The summed E-state index contributed by atoms with van der Waals surface area (Å²) in [4.78, 5) is 16.9. The molecule has 0 aromatic heterocycles. The lowest BCUT2D eigenvalue weighted by Crippen LogP contribution is -2.24. The predicted molar refractivity (Wildman–Crippen MR) is 81.5 cm³/mol. The van der Waals surface area contributed by atoms with Crippen LogP contribution in [0.5, 0.6) is 0 Å². The Bertz CT molecular complexity index is 779. The van der Waals surface area contributed by atoms with Crippen molar-refractivity contribution in [2.75, 3.05) is 0 Å². The summed E-state index contributed by atoms with van der Waals surface area (Å²) in [5.74, 6) is -0.661. The molecule has 0 bridgehead atoms. The van der Waals surface area contributed by atoms with Crippen molar-refractivity contribution in [3.05, 3.63) is 64.7 Å². The van der Waals surface area contributed by atoms with Gasteiger partial charge in [-0.1, -0.05) is 41.9 Å². The highest BCUT2D eigenvalue weighted by molar-refractivity contribution is 7.89. The maximum absolute atomic E-state index is 12.0. The Morgan fingerprint density at radius 3 is 2.50 bits per heavy atom. The van der Waals surface area contributed by atoms with Gasteiger partial charge in [-0.3, -0.25) is 9.63 Å². The van der Waals surface area contributed by atoms with Crippen LogP contribution < -0.4 is 10.6 Å². The molecule has 1 amide bonds. The van der Waals surface area contributed by atoms with Crippen LogP contribution in [0.2, 0.25) is 5.02 Å². The minimum atomic E-state index is -3.92. The molecule has 0 aliphatic carbocycles. The lowest BCUT2D eigenvalue weighted by Gasteiger charge is -2.08. The summed E-state index contributed by atoms with van der Waals surface area (Å²) in [6.45, 7) is 0.166. The van der Waals surface area contributed by atoms with Crippen molar-refractivity contribution in [2.45, 2.75) is 11.5 Å². The molecule has 2 aromatic rings. The van der Waals surface area contributed by atoms with Crippen molar-refractivity contribution in [1.29, 1.82) is 0 Å². The van der Waals surface area contributed by atoms with Gasteiger partial charge in [0.1, 0.15) is 0 Å². The molecule has 0 aliphatic rings. The zero-order valence-corrected chi connectivity index (χ0v) is 12.9. The van der Waals surface area contributed by atoms with Gasteiger partial charge in [-0.25, -0.2) is 19.0 Å². The SMILES string of the molecule is NS(=O)(=O)c1ccc(Cl)c(C(=O)NOCc2ccccc2)c1. The molecule has 8 heteroatoms. The zero-order valence-electron chi connectivity index (χ0n) is 11.3. The van der Waals surface area contributed by atoms with Crippen LogP contribution in [0.15, 0.2) is 53.4 Å².